The highest BCUT2D eigenvalue weighted by atomic mass is 79.9. The molecule has 3 nitrogen and oxygen atoms in total. The molecular formula is C14H15Br2NO2. The first kappa shape index (κ1) is 12.2. The fraction of sp³-hybridized carbons (Fsp3) is 0.500. The van der Waals surface area contributed by atoms with Gasteiger partial charge in [0.05, 0.1) is 19.1 Å². The normalized spacial score (nSPS) is 37.6. The number of halogens is 2. The highest BCUT2D eigenvalue weighted by molar-refractivity contribution is 9.10. The Hall–Kier alpha value is -0.550. The van der Waals surface area contributed by atoms with E-state index >= 15 is 0 Å². The molecule has 0 aromatic heterocycles. The van der Waals surface area contributed by atoms with E-state index in [9.17, 15) is 4.79 Å². The molecule has 5 atom stereocenters. The summed E-state index contributed by atoms with van der Waals surface area (Å²) in [5.74, 6) is 0.664. The number of carbonyl (C=O) groups is 1. The van der Waals surface area contributed by atoms with Gasteiger partial charge in [-0.05, 0) is 24.1 Å². The van der Waals surface area contributed by atoms with Gasteiger partial charge in [0.1, 0.15) is 5.75 Å². The molecule has 1 aromatic rings. The lowest BCUT2D eigenvalue weighted by Gasteiger charge is -2.30. The van der Waals surface area contributed by atoms with Crippen molar-refractivity contribution in [2.24, 2.45) is 5.92 Å². The summed E-state index contributed by atoms with van der Waals surface area (Å²) in [6.45, 7) is 0.584. The van der Waals surface area contributed by atoms with Crippen LogP contribution in [0.4, 0.5) is 0 Å². The van der Waals surface area contributed by atoms with Gasteiger partial charge in [-0.1, -0.05) is 44.0 Å². The third-order valence-corrected chi connectivity index (χ3v) is 5.78. The number of rotatable bonds is 3. The molecule has 1 aromatic carbocycles. The van der Waals surface area contributed by atoms with Gasteiger partial charge in [0.2, 0.25) is 5.91 Å². The minimum absolute atomic E-state index is 0.0350. The molecule has 0 N–H and O–H groups in total. The highest BCUT2D eigenvalue weighted by Gasteiger charge is 2.55. The zero-order valence-electron chi connectivity index (χ0n) is 11.4. The Bertz CT molecular complexity index is 524. The minimum Gasteiger partial charge on any atom is -0.497 e. The first-order valence-electron chi connectivity index (χ1n) is 6.76. The molecule has 0 radical (unpaired) electrons. The Balaban J connectivity index is 1.79. The summed E-state index contributed by atoms with van der Waals surface area (Å²) in [4.78, 5) is 14.4. The third-order valence-electron chi connectivity index (χ3n) is 3.83. The maximum Gasteiger partial charge on any atom is 0.227 e. The molecule has 1 aliphatic heterocycles. The summed E-state index contributed by atoms with van der Waals surface area (Å²) in [5.41, 5.74) is 1.08. The lowest BCUT2D eigenvalue weighted by molar-refractivity contribution is -0.134. The molecule has 1 heterocycles. The molecule has 1 amide bonds. The molecule has 1 saturated carbocycles. The fourth-order valence-electron chi connectivity index (χ4n) is 2.82. The van der Waals surface area contributed by atoms with Gasteiger partial charge in [-0.3, -0.25) is 4.79 Å². The van der Waals surface area contributed by atoms with E-state index in [1.54, 1.807) is 7.11 Å². The zero-order chi connectivity index (χ0) is 14.4. The quantitative estimate of drug-likeness (QED) is 0.742. The van der Waals surface area contributed by atoms with E-state index in [-0.39, 0.29) is 33.9 Å². The number of hydrogen-bond acceptors (Lipinski definition) is 2. The molecule has 2 fully saturated rings. The smallest absolute Gasteiger partial charge is 0.227 e. The number of benzene rings is 1. The van der Waals surface area contributed by atoms with Crippen molar-refractivity contribution in [2.75, 3.05) is 7.11 Å². The van der Waals surface area contributed by atoms with Gasteiger partial charge in [0, 0.05) is 17.6 Å². The number of ether oxygens (including phenoxy) is 1. The van der Waals surface area contributed by atoms with Crippen molar-refractivity contribution >= 4 is 37.8 Å². The molecule has 1 aliphatic carbocycles. The van der Waals surface area contributed by atoms with Crippen LogP contribution in [0.3, 0.4) is 0 Å². The van der Waals surface area contributed by atoms with E-state index in [2.05, 4.69) is 31.9 Å². The number of nitrogens with zero attached hydrogens (tertiary/aromatic N) is 1. The molecule has 5 heteroatoms. The topological polar surface area (TPSA) is 29.5 Å². The summed E-state index contributed by atoms with van der Waals surface area (Å²) in [6, 6.07) is 7.81. The van der Waals surface area contributed by atoms with Gasteiger partial charge < -0.3 is 9.64 Å². The van der Waals surface area contributed by atoms with Crippen molar-refractivity contribution in [1.82, 2.24) is 4.90 Å². The van der Waals surface area contributed by atoms with Gasteiger partial charge in [-0.2, -0.15) is 0 Å². The van der Waals surface area contributed by atoms with Crippen molar-refractivity contribution in [1.29, 1.82) is 0 Å². The van der Waals surface area contributed by atoms with Gasteiger partial charge in [0.15, 0.2) is 0 Å². The zero-order valence-corrected chi connectivity index (χ0v) is 13.6. The average molecular weight is 391 g/mol. The summed E-state index contributed by atoms with van der Waals surface area (Å²) in [7, 11) is 1.64. The van der Waals surface area contributed by atoms with Crippen LogP contribution in [-0.4, -0.2) is 33.6 Å². The maximum absolute atomic E-state index is 12.4. The summed E-state index contributed by atoms with van der Waals surface area (Å²) >= 11 is 7.17. The van der Waals surface area contributed by atoms with Crippen LogP contribution in [0.25, 0.3) is 0 Å². The molecule has 3 rings (SSSR count). The van der Waals surface area contributed by atoms with Crippen molar-refractivity contribution < 1.29 is 10.9 Å². The lowest BCUT2D eigenvalue weighted by atomic mass is 10.1. The van der Waals surface area contributed by atoms with Crippen LogP contribution < -0.4 is 4.74 Å². The number of piperidine rings is 1. The maximum atomic E-state index is 12.4. The Morgan fingerprint density at radius 3 is 2.68 bits per heavy atom. The van der Waals surface area contributed by atoms with E-state index in [4.69, 9.17) is 6.11 Å². The van der Waals surface area contributed by atoms with E-state index in [0.717, 1.165) is 11.3 Å². The van der Waals surface area contributed by atoms with Crippen LogP contribution in [0, 0.1) is 5.92 Å². The van der Waals surface area contributed by atoms with Crippen LogP contribution in [0.1, 0.15) is 13.3 Å². The van der Waals surface area contributed by atoms with Gasteiger partial charge >= 0.3 is 0 Å². The molecule has 0 spiro atoms. The fourth-order valence-corrected chi connectivity index (χ4v) is 5.19. The lowest BCUT2D eigenvalue weighted by Crippen LogP contribution is -2.42. The number of carbonyl (C=O) groups excluding carboxylic acids is 1. The summed E-state index contributed by atoms with van der Waals surface area (Å²) < 4.78 is 13.2. The van der Waals surface area contributed by atoms with E-state index in [0.29, 0.717) is 6.54 Å². The van der Waals surface area contributed by atoms with Gasteiger partial charge in [-0.25, -0.2) is 0 Å². The SMILES string of the molecule is [3H]C1[C@H](Br)[C@@H]2[C@H](Br)[C@H]1C(=O)N2Cc1ccc(OC)cc1. The number of likely N-dealkylation sites (tertiary alicyclic amines) is 1. The highest BCUT2D eigenvalue weighted by Crippen LogP contribution is 2.46. The number of fused-ring (bicyclic) bond motifs is 2. The van der Waals surface area contributed by atoms with Gasteiger partial charge in [-0.15, -0.1) is 0 Å². The van der Waals surface area contributed by atoms with E-state index in [1.807, 2.05) is 29.2 Å². The van der Waals surface area contributed by atoms with Crippen molar-refractivity contribution in [2.45, 2.75) is 28.6 Å². The average Bonchev–Trinajstić information content (AvgIpc) is 2.81. The van der Waals surface area contributed by atoms with Crippen LogP contribution in [0.15, 0.2) is 24.3 Å². The standard InChI is InChI=1S/C14H15Br2NO2/c1-19-9-4-2-8(3-5-9)7-17-13-11(15)6-10(12(13)16)14(17)18/h2-5,10-13H,6-7H2,1H3/t10-,11-,12+,13+/m0/s1/i6T/t6?,10-,11-,12+,13+. The van der Waals surface area contributed by atoms with Crippen molar-refractivity contribution in [3.63, 3.8) is 0 Å². The van der Waals surface area contributed by atoms with Gasteiger partial charge in [0.25, 0.3) is 0 Å². The molecule has 2 aliphatic rings. The second kappa shape index (κ2) is 5.09. The predicted molar refractivity (Wildman–Crippen MR) is 80.9 cm³/mol. The second-order valence-corrected chi connectivity index (χ2v) is 7.03. The Kier molecular flexibility index (Phi) is 3.27. The molecular weight excluding hydrogens is 374 g/mol. The largest absolute Gasteiger partial charge is 0.497 e. The molecule has 1 unspecified atom stereocenters. The van der Waals surface area contributed by atoms with Crippen molar-refractivity contribution in [3.8, 4) is 5.75 Å². The number of alkyl halides is 2. The third kappa shape index (κ3) is 2.21. The predicted octanol–water partition coefficient (Wildman–Crippen LogP) is 2.95. The minimum atomic E-state index is -0.357. The van der Waals surface area contributed by atoms with Crippen LogP contribution in [0.5, 0.6) is 5.75 Å². The Morgan fingerprint density at radius 2 is 2.11 bits per heavy atom. The Morgan fingerprint density at radius 1 is 1.42 bits per heavy atom. The molecule has 102 valence electrons. The number of methoxy groups -OCH3 is 1. The summed E-state index contributed by atoms with van der Waals surface area (Å²) in [5, 5.41) is 0. The molecule has 19 heavy (non-hydrogen) atoms. The van der Waals surface area contributed by atoms with E-state index < -0.39 is 0 Å². The van der Waals surface area contributed by atoms with Crippen LogP contribution in [0.2, 0.25) is 0 Å². The Labute approximate surface area is 131 Å². The summed E-state index contributed by atoms with van der Waals surface area (Å²) in [6.07, 6.45) is -0.357. The van der Waals surface area contributed by atoms with Crippen molar-refractivity contribution in [3.05, 3.63) is 29.8 Å². The number of hydrogen-bond donors (Lipinski definition) is 0. The first-order chi connectivity index (χ1) is 9.54. The monoisotopic (exact) mass is 389 g/mol. The van der Waals surface area contributed by atoms with Crippen LogP contribution >= 0.6 is 31.9 Å². The molecule has 1 saturated heterocycles. The van der Waals surface area contributed by atoms with Crippen LogP contribution in [-0.2, 0) is 11.3 Å². The first-order valence-corrected chi connectivity index (χ1v) is 8.01. The second-order valence-electron chi connectivity index (χ2n) is 4.91. The molecule has 2 bridgehead atoms. The number of amides is 1. The van der Waals surface area contributed by atoms with E-state index in [1.165, 1.54) is 0 Å².